The molecule has 0 aliphatic carbocycles. The van der Waals surface area contributed by atoms with E-state index in [9.17, 15) is 4.79 Å². The molecule has 1 saturated heterocycles. The Morgan fingerprint density at radius 1 is 1.07 bits per heavy atom. The largest absolute Gasteiger partial charge is 0.439 e. The summed E-state index contributed by atoms with van der Waals surface area (Å²) in [4.78, 5) is 21.7. The fourth-order valence-electron chi connectivity index (χ4n) is 3.79. The second-order valence-corrected chi connectivity index (χ2v) is 7.85. The van der Waals surface area contributed by atoms with Crippen molar-refractivity contribution in [2.24, 2.45) is 0 Å². The van der Waals surface area contributed by atoms with E-state index in [-0.39, 0.29) is 5.91 Å². The van der Waals surface area contributed by atoms with Crippen molar-refractivity contribution in [3.63, 3.8) is 0 Å². The lowest BCUT2D eigenvalue weighted by molar-refractivity contribution is -0.117. The molecule has 2 aromatic carbocycles. The summed E-state index contributed by atoms with van der Waals surface area (Å²) in [5, 5.41) is 3.03. The molecule has 1 aromatic heterocycles. The third kappa shape index (κ3) is 5.02. The Labute approximate surface area is 171 Å². The molecule has 6 nitrogen and oxygen atoms in total. The lowest BCUT2D eigenvalue weighted by Crippen LogP contribution is -2.36. The van der Waals surface area contributed by atoms with Crippen molar-refractivity contribution < 1.29 is 9.21 Å². The fourth-order valence-corrected chi connectivity index (χ4v) is 3.79. The number of nitrogens with zero attached hydrogens (tertiary/aromatic N) is 3. The van der Waals surface area contributed by atoms with E-state index >= 15 is 0 Å². The van der Waals surface area contributed by atoms with E-state index in [2.05, 4.69) is 33.1 Å². The number of carbonyl (C=O) groups excluding carboxylic acids is 1. The van der Waals surface area contributed by atoms with Crippen LogP contribution >= 0.6 is 0 Å². The van der Waals surface area contributed by atoms with Gasteiger partial charge in [-0.3, -0.25) is 14.6 Å². The fraction of sp³-hybridized carbons (Fsp3) is 0.391. The molecule has 0 atom stereocenters. The lowest BCUT2D eigenvalue weighted by Gasteiger charge is -2.20. The molecule has 1 aliphatic rings. The average Bonchev–Trinajstić information content (AvgIpc) is 2.95. The molecule has 0 unspecified atom stereocenters. The van der Waals surface area contributed by atoms with Crippen LogP contribution in [0.3, 0.4) is 0 Å². The standard InChI is InChI=1S/C23H28N4O2/c1-17-8-9-20-21(14-17)29-23(25-20)16-27-11-5-10-26(12-13-27)15-22(28)24-19-7-4-3-6-18(19)2/h3-4,6-9,14H,5,10-13,15-16H2,1-2H3,(H,24,28). The third-order valence-corrected chi connectivity index (χ3v) is 5.41. The highest BCUT2D eigenvalue weighted by Crippen LogP contribution is 2.19. The van der Waals surface area contributed by atoms with Gasteiger partial charge in [-0.2, -0.15) is 0 Å². The van der Waals surface area contributed by atoms with Gasteiger partial charge in [0.05, 0.1) is 13.1 Å². The minimum Gasteiger partial charge on any atom is -0.439 e. The normalized spacial score (nSPS) is 16.1. The summed E-state index contributed by atoms with van der Waals surface area (Å²) in [6.45, 7) is 8.85. The summed E-state index contributed by atoms with van der Waals surface area (Å²) in [5.74, 6) is 0.804. The number of aryl methyl sites for hydroxylation is 2. The highest BCUT2D eigenvalue weighted by molar-refractivity contribution is 5.92. The van der Waals surface area contributed by atoms with Crippen LogP contribution in [0, 0.1) is 13.8 Å². The van der Waals surface area contributed by atoms with Crippen LogP contribution in [0.25, 0.3) is 11.1 Å². The van der Waals surface area contributed by atoms with Crippen LogP contribution < -0.4 is 5.32 Å². The number of aromatic nitrogens is 1. The first-order chi connectivity index (χ1) is 14.1. The number of nitrogens with one attached hydrogen (secondary N) is 1. The number of amides is 1. The molecular weight excluding hydrogens is 364 g/mol. The number of para-hydroxylation sites is 1. The van der Waals surface area contributed by atoms with Crippen molar-refractivity contribution >= 4 is 22.7 Å². The van der Waals surface area contributed by atoms with Crippen LogP contribution in [0.4, 0.5) is 5.69 Å². The Balaban J connectivity index is 1.30. The molecule has 3 aromatic rings. The summed E-state index contributed by atoms with van der Waals surface area (Å²) in [5.41, 5.74) is 4.91. The number of oxazole rings is 1. The minimum atomic E-state index is 0.0436. The molecule has 6 heteroatoms. The second-order valence-electron chi connectivity index (χ2n) is 7.85. The Kier molecular flexibility index (Phi) is 5.92. The SMILES string of the molecule is Cc1ccc2nc(CN3CCCN(CC(=O)Nc4ccccc4C)CC3)oc2c1. The Morgan fingerprint density at radius 2 is 1.86 bits per heavy atom. The smallest absolute Gasteiger partial charge is 0.238 e. The van der Waals surface area contributed by atoms with Crippen LogP contribution in [-0.2, 0) is 11.3 Å². The first-order valence-electron chi connectivity index (χ1n) is 10.2. The van der Waals surface area contributed by atoms with Gasteiger partial charge < -0.3 is 9.73 Å². The summed E-state index contributed by atoms with van der Waals surface area (Å²) in [6, 6.07) is 14.0. The maximum atomic E-state index is 12.5. The van der Waals surface area contributed by atoms with E-state index < -0.39 is 0 Å². The average molecular weight is 393 g/mol. The van der Waals surface area contributed by atoms with Gasteiger partial charge in [0.15, 0.2) is 5.58 Å². The van der Waals surface area contributed by atoms with Gasteiger partial charge in [0.2, 0.25) is 11.8 Å². The van der Waals surface area contributed by atoms with Crippen molar-refractivity contribution in [2.75, 3.05) is 38.0 Å². The minimum absolute atomic E-state index is 0.0436. The second kappa shape index (κ2) is 8.76. The lowest BCUT2D eigenvalue weighted by atomic mass is 10.2. The van der Waals surface area contributed by atoms with Gasteiger partial charge in [-0.15, -0.1) is 0 Å². The molecule has 0 bridgehead atoms. The first kappa shape index (κ1) is 19.6. The summed E-state index contributed by atoms with van der Waals surface area (Å²) in [6.07, 6.45) is 1.02. The van der Waals surface area contributed by atoms with Crippen LogP contribution in [0.2, 0.25) is 0 Å². The molecular formula is C23H28N4O2. The Morgan fingerprint density at radius 3 is 2.72 bits per heavy atom. The van der Waals surface area contributed by atoms with Crippen LogP contribution in [0.15, 0.2) is 46.9 Å². The predicted octanol–water partition coefficient (Wildman–Crippen LogP) is 3.59. The van der Waals surface area contributed by atoms with Crippen molar-refractivity contribution in [3.8, 4) is 0 Å². The van der Waals surface area contributed by atoms with Gasteiger partial charge in [0.25, 0.3) is 0 Å². The number of fused-ring (bicyclic) bond motifs is 1. The van der Waals surface area contributed by atoms with E-state index in [1.54, 1.807) is 0 Å². The molecule has 152 valence electrons. The number of hydrogen-bond donors (Lipinski definition) is 1. The Bertz CT molecular complexity index is 997. The van der Waals surface area contributed by atoms with E-state index in [4.69, 9.17) is 4.42 Å². The zero-order chi connectivity index (χ0) is 20.2. The molecule has 2 heterocycles. The molecule has 1 aliphatic heterocycles. The summed E-state index contributed by atoms with van der Waals surface area (Å²) >= 11 is 0. The zero-order valence-electron chi connectivity index (χ0n) is 17.1. The van der Waals surface area contributed by atoms with Gasteiger partial charge in [-0.1, -0.05) is 24.3 Å². The van der Waals surface area contributed by atoms with Crippen molar-refractivity contribution in [1.29, 1.82) is 0 Å². The number of benzene rings is 2. The Hall–Kier alpha value is -2.70. The first-order valence-corrected chi connectivity index (χ1v) is 10.2. The highest BCUT2D eigenvalue weighted by atomic mass is 16.3. The van der Waals surface area contributed by atoms with Gasteiger partial charge >= 0.3 is 0 Å². The number of carbonyl (C=O) groups is 1. The topological polar surface area (TPSA) is 61.6 Å². The molecule has 1 fully saturated rings. The number of anilines is 1. The molecule has 1 N–H and O–H groups in total. The number of hydrogen-bond acceptors (Lipinski definition) is 5. The van der Waals surface area contributed by atoms with Crippen LogP contribution in [0.1, 0.15) is 23.4 Å². The van der Waals surface area contributed by atoms with Gasteiger partial charge in [-0.25, -0.2) is 4.98 Å². The van der Waals surface area contributed by atoms with Crippen LogP contribution in [-0.4, -0.2) is 53.4 Å². The summed E-state index contributed by atoms with van der Waals surface area (Å²) < 4.78 is 5.93. The molecule has 0 spiro atoms. The maximum Gasteiger partial charge on any atom is 0.238 e. The van der Waals surface area contributed by atoms with E-state index in [0.717, 1.165) is 60.8 Å². The molecule has 1 amide bonds. The van der Waals surface area contributed by atoms with E-state index in [1.165, 1.54) is 5.56 Å². The molecule has 29 heavy (non-hydrogen) atoms. The molecule has 0 saturated carbocycles. The highest BCUT2D eigenvalue weighted by Gasteiger charge is 2.19. The number of rotatable bonds is 5. The van der Waals surface area contributed by atoms with Crippen molar-refractivity contribution in [2.45, 2.75) is 26.8 Å². The van der Waals surface area contributed by atoms with Gasteiger partial charge in [-0.05, 0) is 62.7 Å². The molecule has 4 rings (SSSR count). The van der Waals surface area contributed by atoms with Gasteiger partial charge in [0.1, 0.15) is 5.52 Å². The van der Waals surface area contributed by atoms with Gasteiger partial charge in [0, 0.05) is 18.8 Å². The monoisotopic (exact) mass is 392 g/mol. The van der Waals surface area contributed by atoms with Crippen molar-refractivity contribution in [1.82, 2.24) is 14.8 Å². The van der Waals surface area contributed by atoms with E-state index in [0.29, 0.717) is 13.1 Å². The predicted molar refractivity (Wildman–Crippen MR) is 115 cm³/mol. The maximum absolute atomic E-state index is 12.5. The zero-order valence-corrected chi connectivity index (χ0v) is 17.1. The quantitative estimate of drug-likeness (QED) is 0.719. The van der Waals surface area contributed by atoms with Crippen molar-refractivity contribution in [3.05, 3.63) is 59.5 Å². The van der Waals surface area contributed by atoms with Crippen LogP contribution in [0.5, 0.6) is 0 Å². The van der Waals surface area contributed by atoms with E-state index in [1.807, 2.05) is 43.3 Å². The molecule has 0 radical (unpaired) electrons. The third-order valence-electron chi connectivity index (χ3n) is 5.41. The summed E-state index contributed by atoms with van der Waals surface area (Å²) in [7, 11) is 0.